The third-order valence-corrected chi connectivity index (χ3v) is 4.50. The zero-order chi connectivity index (χ0) is 15.7. The Morgan fingerprint density at radius 2 is 2.14 bits per heavy atom. The predicted molar refractivity (Wildman–Crippen MR) is 85.3 cm³/mol. The second-order valence-electron chi connectivity index (χ2n) is 5.41. The molecule has 120 valence electrons. The highest BCUT2D eigenvalue weighted by Crippen LogP contribution is 2.36. The number of rotatable bonds is 5. The molecule has 0 radical (unpaired) electrons. The fourth-order valence-corrected chi connectivity index (χ4v) is 3.15. The van der Waals surface area contributed by atoms with Crippen molar-refractivity contribution in [2.45, 2.75) is 42.9 Å². The Morgan fingerprint density at radius 1 is 1.32 bits per heavy atom. The van der Waals surface area contributed by atoms with E-state index in [9.17, 15) is 5.11 Å². The van der Waals surface area contributed by atoms with Gasteiger partial charge in [0.2, 0.25) is 0 Å². The minimum atomic E-state index is -0.650. The molecule has 22 heavy (non-hydrogen) atoms. The van der Waals surface area contributed by atoms with Gasteiger partial charge in [0.25, 0.3) is 0 Å². The number of aliphatic hydroxyl groups is 1. The van der Waals surface area contributed by atoms with E-state index in [-0.39, 0.29) is 11.4 Å². The average molecular weight is 324 g/mol. The fraction of sp³-hybridized carbons (Fsp3) is 0.615. The van der Waals surface area contributed by atoms with Crippen molar-refractivity contribution in [1.29, 1.82) is 0 Å². The number of aliphatic hydroxyl groups excluding tert-OH is 1. The lowest BCUT2D eigenvalue weighted by atomic mass is 10.1. The third-order valence-electron chi connectivity index (χ3n) is 3.94. The highest BCUT2D eigenvalue weighted by Gasteiger charge is 2.42. The van der Waals surface area contributed by atoms with Gasteiger partial charge in [0.15, 0.2) is 17.7 Å². The molecule has 0 saturated carbocycles. The minimum absolute atomic E-state index is 0.268. The first-order valence-corrected chi connectivity index (χ1v) is 7.79. The molecule has 9 heteroatoms. The summed E-state index contributed by atoms with van der Waals surface area (Å²) in [6.45, 7) is 0.638. The van der Waals surface area contributed by atoms with Gasteiger partial charge in [-0.2, -0.15) is 12.6 Å². The van der Waals surface area contributed by atoms with Crippen molar-refractivity contribution in [2.24, 2.45) is 5.73 Å². The van der Waals surface area contributed by atoms with Gasteiger partial charge in [-0.05, 0) is 25.8 Å². The number of nitrogen functional groups attached to an aromatic ring is 1. The molecule has 2 aromatic heterocycles. The van der Waals surface area contributed by atoms with Gasteiger partial charge in [0.1, 0.15) is 11.8 Å². The van der Waals surface area contributed by atoms with E-state index in [0.29, 0.717) is 23.5 Å². The highest BCUT2D eigenvalue weighted by molar-refractivity contribution is 7.81. The van der Waals surface area contributed by atoms with Crippen LogP contribution in [0.5, 0.6) is 0 Å². The van der Waals surface area contributed by atoms with Crippen molar-refractivity contribution in [3.05, 3.63) is 12.7 Å². The maximum atomic E-state index is 10.3. The number of nitrogens with two attached hydrogens (primary N) is 2. The molecule has 3 rings (SSSR count). The second kappa shape index (κ2) is 6.37. The molecule has 1 aliphatic rings. The SMILES string of the molecule is NCCCC[C@H]1O[C@@H](n2cnc3c(N)ncnc32)[C@H](S)[C@@H]1O. The molecular weight excluding hydrogens is 304 g/mol. The molecule has 2 aromatic rings. The van der Waals surface area contributed by atoms with Gasteiger partial charge in [-0.3, -0.25) is 4.57 Å². The van der Waals surface area contributed by atoms with Crippen molar-refractivity contribution in [2.75, 3.05) is 12.3 Å². The first-order chi connectivity index (χ1) is 10.6. The first kappa shape index (κ1) is 15.5. The Kier molecular flexibility index (Phi) is 4.48. The van der Waals surface area contributed by atoms with Crippen LogP contribution in [0, 0.1) is 0 Å². The maximum Gasteiger partial charge on any atom is 0.167 e. The summed E-state index contributed by atoms with van der Waals surface area (Å²) in [5, 5.41) is 9.96. The summed E-state index contributed by atoms with van der Waals surface area (Å²) in [5.74, 6) is 0.317. The summed E-state index contributed by atoms with van der Waals surface area (Å²) in [7, 11) is 0. The van der Waals surface area contributed by atoms with E-state index in [1.54, 1.807) is 10.9 Å². The third kappa shape index (κ3) is 2.65. The summed E-state index contributed by atoms with van der Waals surface area (Å²) in [6.07, 6.45) is 4.18. The monoisotopic (exact) mass is 324 g/mol. The van der Waals surface area contributed by atoms with Crippen molar-refractivity contribution in [1.82, 2.24) is 19.5 Å². The number of aromatic nitrogens is 4. The van der Waals surface area contributed by atoms with Crippen molar-refractivity contribution < 1.29 is 9.84 Å². The van der Waals surface area contributed by atoms with E-state index in [0.717, 1.165) is 19.3 Å². The van der Waals surface area contributed by atoms with Gasteiger partial charge in [0.05, 0.1) is 23.8 Å². The van der Waals surface area contributed by atoms with Crippen LogP contribution in [0.4, 0.5) is 5.82 Å². The van der Waals surface area contributed by atoms with Crippen LogP contribution in [0.25, 0.3) is 11.2 Å². The zero-order valence-corrected chi connectivity index (χ0v) is 12.9. The number of hydrogen-bond acceptors (Lipinski definition) is 8. The summed E-state index contributed by atoms with van der Waals surface area (Å²) >= 11 is 4.50. The van der Waals surface area contributed by atoms with E-state index in [1.807, 2.05) is 0 Å². The van der Waals surface area contributed by atoms with E-state index < -0.39 is 12.3 Å². The summed E-state index contributed by atoms with van der Waals surface area (Å²) < 4.78 is 7.73. The van der Waals surface area contributed by atoms with Crippen molar-refractivity contribution in [3.63, 3.8) is 0 Å². The van der Waals surface area contributed by atoms with E-state index in [4.69, 9.17) is 16.2 Å². The zero-order valence-electron chi connectivity index (χ0n) is 12.0. The summed E-state index contributed by atoms with van der Waals surface area (Å²) in [6, 6.07) is 0. The lowest BCUT2D eigenvalue weighted by Crippen LogP contribution is -2.27. The molecular formula is C13H20N6O2S. The molecule has 0 aromatic carbocycles. The van der Waals surface area contributed by atoms with Crippen molar-refractivity contribution in [3.8, 4) is 0 Å². The van der Waals surface area contributed by atoms with E-state index in [2.05, 4.69) is 27.6 Å². The Balaban J connectivity index is 1.83. The molecule has 3 heterocycles. The molecule has 5 N–H and O–H groups in total. The molecule has 0 spiro atoms. The molecule has 8 nitrogen and oxygen atoms in total. The number of unbranched alkanes of at least 4 members (excludes halogenated alkanes) is 1. The molecule has 1 aliphatic heterocycles. The average Bonchev–Trinajstić information content (AvgIpc) is 3.05. The minimum Gasteiger partial charge on any atom is -0.389 e. The molecule has 0 bridgehead atoms. The molecule has 1 fully saturated rings. The van der Waals surface area contributed by atoms with Gasteiger partial charge in [-0.15, -0.1) is 0 Å². The van der Waals surface area contributed by atoms with Crippen LogP contribution in [0.1, 0.15) is 25.5 Å². The first-order valence-electron chi connectivity index (χ1n) is 7.28. The molecule has 0 unspecified atom stereocenters. The molecule has 4 atom stereocenters. The lowest BCUT2D eigenvalue weighted by Gasteiger charge is -2.16. The predicted octanol–water partition coefficient (Wildman–Crippen LogP) is 0.0942. The Hall–Kier alpha value is -1.42. The van der Waals surface area contributed by atoms with Gasteiger partial charge >= 0.3 is 0 Å². The van der Waals surface area contributed by atoms with Gasteiger partial charge in [-0.1, -0.05) is 0 Å². The largest absolute Gasteiger partial charge is 0.389 e. The topological polar surface area (TPSA) is 125 Å². The van der Waals surface area contributed by atoms with Crippen LogP contribution in [0.3, 0.4) is 0 Å². The van der Waals surface area contributed by atoms with Crippen LogP contribution in [0.15, 0.2) is 12.7 Å². The standard InChI is InChI=1S/C13H20N6O2S/c14-4-2-1-3-7-9(20)10(22)13(21-7)19-6-18-8-11(15)16-5-17-12(8)19/h5-7,9-10,13,20,22H,1-4,14H2,(H2,15,16,17)/t7-,9-,10-,13-/m1/s1. The van der Waals surface area contributed by atoms with Gasteiger partial charge < -0.3 is 21.3 Å². The van der Waals surface area contributed by atoms with Gasteiger partial charge in [-0.25, -0.2) is 15.0 Å². The van der Waals surface area contributed by atoms with Crippen molar-refractivity contribution >= 4 is 29.6 Å². The second-order valence-corrected chi connectivity index (χ2v) is 6.01. The fourth-order valence-electron chi connectivity index (χ4n) is 2.74. The number of hydrogen-bond donors (Lipinski definition) is 4. The Bertz CT molecular complexity index is 650. The number of nitrogens with zero attached hydrogens (tertiary/aromatic N) is 4. The Morgan fingerprint density at radius 3 is 2.91 bits per heavy atom. The van der Waals surface area contributed by atoms with Crippen LogP contribution >= 0.6 is 12.6 Å². The number of thiol groups is 1. The molecule has 1 saturated heterocycles. The summed E-state index contributed by atoms with van der Waals surface area (Å²) in [4.78, 5) is 12.3. The molecule has 0 amide bonds. The lowest BCUT2D eigenvalue weighted by molar-refractivity contribution is -0.0215. The number of imidazole rings is 1. The van der Waals surface area contributed by atoms with Crippen LogP contribution in [-0.4, -0.2) is 48.6 Å². The van der Waals surface area contributed by atoms with Gasteiger partial charge in [0, 0.05) is 0 Å². The summed E-state index contributed by atoms with van der Waals surface area (Å²) in [5.41, 5.74) is 12.4. The van der Waals surface area contributed by atoms with Crippen LogP contribution in [-0.2, 0) is 4.74 Å². The maximum absolute atomic E-state index is 10.3. The number of ether oxygens (including phenoxy) is 1. The number of anilines is 1. The van der Waals surface area contributed by atoms with E-state index >= 15 is 0 Å². The Labute approximate surface area is 133 Å². The smallest absolute Gasteiger partial charge is 0.167 e. The van der Waals surface area contributed by atoms with E-state index in [1.165, 1.54) is 6.33 Å². The van der Waals surface area contributed by atoms with Crippen LogP contribution in [0.2, 0.25) is 0 Å². The molecule has 0 aliphatic carbocycles. The highest BCUT2D eigenvalue weighted by atomic mass is 32.1. The number of fused-ring (bicyclic) bond motifs is 1. The normalized spacial score (nSPS) is 28.5. The quantitative estimate of drug-likeness (QED) is 0.454. The van der Waals surface area contributed by atoms with Crippen LogP contribution < -0.4 is 11.5 Å².